The monoisotopic (exact) mass is 441 g/mol. The molecule has 0 saturated heterocycles. The normalized spacial score (nSPS) is 10.5. The van der Waals surface area contributed by atoms with Crippen molar-refractivity contribution in [1.29, 1.82) is 0 Å². The molecule has 7 nitrogen and oxygen atoms in total. The molecule has 0 radical (unpaired) electrons. The molecule has 2 N–H and O–H groups in total. The molecule has 1 heterocycles. The van der Waals surface area contributed by atoms with Crippen molar-refractivity contribution >= 4 is 46.6 Å². The minimum Gasteiger partial charge on any atom is -0.326 e. The van der Waals surface area contributed by atoms with Gasteiger partial charge in [0.2, 0.25) is 11.8 Å². The molecular weight excluding hydrogens is 422 g/mol. The summed E-state index contributed by atoms with van der Waals surface area (Å²) in [6, 6.07) is 14.2. The molecule has 0 aliphatic rings. The molecule has 3 rings (SSSR count). The number of thioether (sulfide) groups is 1. The van der Waals surface area contributed by atoms with Crippen LogP contribution in [0.15, 0.2) is 66.3 Å². The molecule has 30 heavy (non-hydrogen) atoms. The Morgan fingerprint density at radius 3 is 2.30 bits per heavy atom. The molecule has 0 unspecified atom stereocenters. The zero-order valence-corrected chi connectivity index (χ0v) is 17.8. The largest absolute Gasteiger partial charge is 0.326 e. The molecule has 9 heteroatoms. The van der Waals surface area contributed by atoms with Crippen molar-refractivity contribution in [1.82, 2.24) is 14.8 Å². The molecule has 154 valence electrons. The van der Waals surface area contributed by atoms with Gasteiger partial charge >= 0.3 is 0 Å². The standard InChI is InChI=1S/C21H20ClN5O2S/c1-3-12-27-20(15-4-6-16(22)7-5-15)25-26-21(27)30-13-19(29)24-18-10-8-17(9-11-18)23-14(2)28/h3-11H,1,12-13H2,2H3,(H,23,28)(H,24,29). The zero-order valence-electron chi connectivity index (χ0n) is 16.3. The first-order valence-electron chi connectivity index (χ1n) is 9.06. The number of anilines is 2. The predicted octanol–water partition coefficient (Wildman–Crippen LogP) is 4.47. The maximum absolute atomic E-state index is 12.3. The number of hydrogen-bond donors (Lipinski definition) is 2. The Morgan fingerprint density at radius 2 is 1.70 bits per heavy atom. The van der Waals surface area contributed by atoms with E-state index in [1.54, 1.807) is 42.5 Å². The van der Waals surface area contributed by atoms with Gasteiger partial charge in [0.15, 0.2) is 11.0 Å². The van der Waals surface area contributed by atoms with E-state index in [1.807, 2.05) is 16.7 Å². The number of nitrogens with one attached hydrogen (secondary N) is 2. The Hall–Kier alpha value is -3.10. The molecule has 0 fully saturated rings. The van der Waals surface area contributed by atoms with Gasteiger partial charge in [0, 0.05) is 35.4 Å². The smallest absolute Gasteiger partial charge is 0.234 e. The average Bonchev–Trinajstić information content (AvgIpc) is 3.11. The third kappa shape index (κ3) is 5.71. The second-order valence-corrected chi connectivity index (χ2v) is 7.69. The summed E-state index contributed by atoms with van der Waals surface area (Å²) in [6.45, 7) is 5.74. The van der Waals surface area contributed by atoms with Crippen LogP contribution >= 0.6 is 23.4 Å². The van der Waals surface area contributed by atoms with Gasteiger partial charge in [-0.1, -0.05) is 29.4 Å². The third-order valence-corrected chi connectivity index (χ3v) is 5.17. The second kappa shape index (κ2) is 10.1. The van der Waals surface area contributed by atoms with Crippen molar-refractivity contribution in [3.63, 3.8) is 0 Å². The third-order valence-electron chi connectivity index (χ3n) is 3.95. The number of carbonyl (C=O) groups excluding carboxylic acids is 2. The summed E-state index contributed by atoms with van der Waals surface area (Å²) in [6.07, 6.45) is 1.75. The van der Waals surface area contributed by atoms with Gasteiger partial charge in [-0.3, -0.25) is 14.2 Å². The maximum Gasteiger partial charge on any atom is 0.234 e. The van der Waals surface area contributed by atoms with Crippen LogP contribution in [-0.4, -0.2) is 32.3 Å². The van der Waals surface area contributed by atoms with E-state index in [9.17, 15) is 9.59 Å². The molecule has 1 aromatic heterocycles. The van der Waals surface area contributed by atoms with Crippen LogP contribution in [0, 0.1) is 0 Å². The number of allylic oxidation sites excluding steroid dienone is 1. The van der Waals surface area contributed by atoms with Crippen LogP contribution in [0.2, 0.25) is 5.02 Å². The number of halogens is 1. The first-order valence-corrected chi connectivity index (χ1v) is 10.4. The van der Waals surface area contributed by atoms with Gasteiger partial charge in [0.1, 0.15) is 0 Å². The number of carbonyl (C=O) groups is 2. The van der Waals surface area contributed by atoms with Gasteiger partial charge in [0.05, 0.1) is 5.75 Å². The van der Waals surface area contributed by atoms with E-state index in [4.69, 9.17) is 11.6 Å². The second-order valence-electron chi connectivity index (χ2n) is 6.31. The highest BCUT2D eigenvalue weighted by Gasteiger charge is 2.15. The lowest BCUT2D eigenvalue weighted by molar-refractivity contribution is -0.114. The Kier molecular flexibility index (Phi) is 7.26. The molecule has 0 spiro atoms. The lowest BCUT2D eigenvalue weighted by Gasteiger charge is -2.09. The van der Waals surface area contributed by atoms with Gasteiger partial charge in [-0.15, -0.1) is 16.8 Å². The van der Waals surface area contributed by atoms with Crippen molar-refractivity contribution in [3.8, 4) is 11.4 Å². The summed E-state index contributed by atoms with van der Waals surface area (Å²) in [5.41, 5.74) is 2.19. The zero-order chi connectivity index (χ0) is 21.5. The van der Waals surface area contributed by atoms with E-state index >= 15 is 0 Å². The van der Waals surface area contributed by atoms with Crippen molar-refractivity contribution in [3.05, 3.63) is 66.2 Å². The quantitative estimate of drug-likeness (QED) is 0.397. The minimum absolute atomic E-state index is 0.148. The highest BCUT2D eigenvalue weighted by Crippen LogP contribution is 2.25. The highest BCUT2D eigenvalue weighted by atomic mass is 35.5. The Bertz CT molecular complexity index is 1050. The van der Waals surface area contributed by atoms with Crippen molar-refractivity contribution < 1.29 is 9.59 Å². The van der Waals surface area contributed by atoms with Crippen LogP contribution in [0.5, 0.6) is 0 Å². The van der Waals surface area contributed by atoms with Crippen LogP contribution in [-0.2, 0) is 16.1 Å². The van der Waals surface area contributed by atoms with E-state index in [2.05, 4.69) is 27.4 Å². The highest BCUT2D eigenvalue weighted by molar-refractivity contribution is 7.99. The minimum atomic E-state index is -0.173. The van der Waals surface area contributed by atoms with Crippen LogP contribution in [0.4, 0.5) is 11.4 Å². The molecule has 3 aromatic rings. The van der Waals surface area contributed by atoms with Crippen molar-refractivity contribution in [2.45, 2.75) is 18.6 Å². The van der Waals surface area contributed by atoms with E-state index in [0.29, 0.717) is 33.9 Å². The predicted molar refractivity (Wildman–Crippen MR) is 121 cm³/mol. The average molecular weight is 442 g/mol. The summed E-state index contributed by atoms with van der Waals surface area (Å²) in [7, 11) is 0. The van der Waals surface area contributed by atoms with Crippen LogP contribution < -0.4 is 10.6 Å². The summed E-state index contributed by atoms with van der Waals surface area (Å²) >= 11 is 7.25. The van der Waals surface area contributed by atoms with Gasteiger partial charge < -0.3 is 10.6 Å². The molecule has 0 aliphatic carbocycles. The van der Waals surface area contributed by atoms with E-state index in [1.165, 1.54) is 18.7 Å². The number of benzene rings is 2. The van der Waals surface area contributed by atoms with Crippen molar-refractivity contribution in [2.24, 2.45) is 0 Å². The number of hydrogen-bond acceptors (Lipinski definition) is 5. The van der Waals surface area contributed by atoms with Gasteiger partial charge in [-0.2, -0.15) is 0 Å². The van der Waals surface area contributed by atoms with Crippen molar-refractivity contribution in [2.75, 3.05) is 16.4 Å². The first-order chi connectivity index (χ1) is 14.5. The molecule has 0 atom stereocenters. The van der Waals surface area contributed by atoms with Crippen LogP contribution in [0.1, 0.15) is 6.92 Å². The molecule has 0 saturated carbocycles. The van der Waals surface area contributed by atoms with Crippen LogP contribution in [0.25, 0.3) is 11.4 Å². The van der Waals surface area contributed by atoms with Gasteiger partial charge in [0.25, 0.3) is 0 Å². The van der Waals surface area contributed by atoms with Gasteiger partial charge in [-0.05, 0) is 48.5 Å². The van der Waals surface area contributed by atoms with Crippen LogP contribution in [0.3, 0.4) is 0 Å². The fourth-order valence-corrected chi connectivity index (χ4v) is 3.54. The molecule has 0 aliphatic heterocycles. The Labute approximate surface area is 183 Å². The number of nitrogens with zero attached hydrogens (tertiary/aromatic N) is 3. The fourth-order valence-electron chi connectivity index (χ4n) is 2.67. The maximum atomic E-state index is 12.3. The topological polar surface area (TPSA) is 88.9 Å². The number of amides is 2. The fraction of sp³-hybridized carbons (Fsp3) is 0.143. The molecule has 2 amide bonds. The first kappa shape index (κ1) is 21.6. The summed E-state index contributed by atoms with van der Waals surface area (Å²) in [4.78, 5) is 23.4. The lowest BCUT2D eigenvalue weighted by Crippen LogP contribution is -2.15. The summed E-state index contributed by atoms with van der Waals surface area (Å²) < 4.78 is 1.90. The molecule has 0 bridgehead atoms. The Morgan fingerprint density at radius 1 is 1.07 bits per heavy atom. The summed E-state index contributed by atoms with van der Waals surface area (Å²) in [5, 5.41) is 15.3. The number of aromatic nitrogens is 3. The SMILES string of the molecule is C=CCn1c(SCC(=O)Nc2ccc(NC(C)=O)cc2)nnc1-c1ccc(Cl)cc1. The molecule has 2 aromatic carbocycles. The lowest BCUT2D eigenvalue weighted by atomic mass is 10.2. The Balaban J connectivity index is 1.64. The van der Waals surface area contributed by atoms with E-state index in [-0.39, 0.29) is 17.6 Å². The number of rotatable bonds is 8. The molecular formula is C21H20ClN5O2S. The van der Waals surface area contributed by atoms with Gasteiger partial charge in [-0.25, -0.2) is 0 Å². The van der Waals surface area contributed by atoms with E-state index < -0.39 is 0 Å². The van der Waals surface area contributed by atoms with E-state index in [0.717, 1.165) is 5.56 Å². The summed E-state index contributed by atoms with van der Waals surface area (Å²) in [5.74, 6) is 0.532.